The highest BCUT2D eigenvalue weighted by Crippen LogP contribution is 2.39. The summed E-state index contributed by atoms with van der Waals surface area (Å²) in [4.78, 5) is 26.8. The Morgan fingerprint density at radius 3 is 1.76 bits per heavy atom. The largest absolute Gasteiger partial charge is 0.307 e. The van der Waals surface area contributed by atoms with Crippen molar-refractivity contribution >= 4 is 11.8 Å². The first-order valence-electron chi connectivity index (χ1n) is 12.3. The summed E-state index contributed by atoms with van der Waals surface area (Å²) in [7, 11) is 0. The molecular weight excluding hydrogens is 360 g/mol. The molecular formula is C25H46N2O2. The summed E-state index contributed by atoms with van der Waals surface area (Å²) < 4.78 is 0. The van der Waals surface area contributed by atoms with Gasteiger partial charge in [0.2, 0.25) is 11.8 Å². The van der Waals surface area contributed by atoms with E-state index >= 15 is 0 Å². The van der Waals surface area contributed by atoms with E-state index in [1.807, 2.05) is 0 Å². The van der Waals surface area contributed by atoms with Crippen LogP contribution in [0.3, 0.4) is 0 Å². The number of carbonyl (C=O) groups is 2. The minimum Gasteiger partial charge on any atom is -0.307 e. The van der Waals surface area contributed by atoms with Gasteiger partial charge in [-0.3, -0.25) is 14.5 Å². The molecule has 0 aromatic heterocycles. The molecule has 4 heteroatoms. The zero-order valence-corrected chi connectivity index (χ0v) is 19.8. The van der Waals surface area contributed by atoms with Crippen LogP contribution >= 0.6 is 0 Å². The lowest BCUT2D eigenvalue weighted by Crippen LogP contribution is -2.61. The fourth-order valence-corrected chi connectivity index (χ4v) is 5.88. The van der Waals surface area contributed by atoms with Crippen molar-refractivity contribution in [1.29, 1.82) is 0 Å². The molecule has 2 saturated heterocycles. The monoisotopic (exact) mass is 406 g/mol. The third-order valence-electron chi connectivity index (χ3n) is 6.79. The van der Waals surface area contributed by atoms with Gasteiger partial charge in [0.05, 0.1) is 0 Å². The molecule has 4 nitrogen and oxygen atoms in total. The Labute approximate surface area is 179 Å². The van der Waals surface area contributed by atoms with Crippen molar-refractivity contribution < 1.29 is 9.59 Å². The summed E-state index contributed by atoms with van der Waals surface area (Å²) in [5, 5.41) is 3.75. The molecule has 2 aliphatic heterocycles. The summed E-state index contributed by atoms with van der Waals surface area (Å²) in [6, 6.07) is 0.0858. The van der Waals surface area contributed by atoms with Gasteiger partial charge in [-0.05, 0) is 52.9 Å². The van der Waals surface area contributed by atoms with Crippen LogP contribution in [0.1, 0.15) is 125 Å². The molecule has 29 heavy (non-hydrogen) atoms. The number of nitrogens with zero attached hydrogens (tertiary/aromatic N) is 1. The summed E-state index contributed by atoms with van der Waals surface area (Å²) in [5.41, 5.74) is 0.0734. The normalized spacial score (nSPS) is 23.0. The number of rotatable bonds is 12. The van der Waals surface area contributed by atoms with Gasteiger partial charge < -0.3 is 5.32 Å². The average molecular weight is 407 g/mol. The van der Waals surface area contributed by atoms with Crippen molar-refractivity contribution in [3.05, 3.63) is 0 Å². The van der Waals surface area contributed by atoms with E-state index in [1.54, 1.807) is 4.90 Å². The predicted molar refractivity (Wildman–Crippen MR) is 121 cm³/mol. The standard InChI is InChI=1S/C25H46N2O2/c1-6-7-8-9-10-11-12-13-14-15-21(27-22(28)16-17-23(27)29)20-18-24(2,3)26-25(4,5)19-20/h20-21,26H,6-19H2,1-5H3. The Balaban J connectivity index is 1.91. The highest BCUT2D eigenvalue weighted by molar-refractivity contribution is 6.02. The third kappa shape index (κ3) is 7.70. The maximum absolute atomic E-state index is 12.5. The number of hydrogen-bond donors (Lipinski definition) is 1. The van der Waals surface area contributed by atoms with E-state index in [0.717, 1.165) is 25.7 Å². The minimum absolute atomic E-state index is 0.0367. The lowest BCUT2D eigenvalue weighted by molar-refractivity contribution is -0.143. The van der Waals surface area contributed by atoms with Crippen LogP contribution in [-0.4, -0.2) is 33.8 Å². The Bertz CT molecular complexity index is 509. The molecule has 2 fully saturated rings. The molecule has 2 heterocycles. The van der Waals surface area contributed by atoms with E-state index in [2.05, 4.69) is 39.9 Å². The van der Waals surface area contributed by atoms with Crippen LogP contribution in [0.4, 0.5) is 0 Å². The van der Waals surface area contributed by atoms with Gasteiger partial charge in [-0.25, -0.2) is 0 Å². The maximum Gasteiger partial charge on any atom is 0.229 e. The van der Waals surface area contributed by atoms with E-state index < -0.39 is 0 Å². The van der Waals surface area contributed by atoms with Gasteiger partial charge in [0, 0.05) is 30.0 Å². The Morgan fingerprint density at radius 2 is 1.28 bits per heavy atom. The number of likely N-dealkylation sites (tertiary alicyclic amines) is 1. The minimum atomic E-state index is 0.0367. The van der Waals surface area contributed by atoms with Gasteiger partial charge in [0.25, 0.3) is 0 Å². The molecule has 0 spiro atoms. The van der Waals surface area contributed by atoms with E-state index in [4.69, 9.17) is 0 Å². The van der Waals surface area contributed by atoms with Crippen LogP contribution in [0.5, 0.6) is 0 Å². The molecule has 1 atom stereocenters. The Hall–Kier alpha value is -0.900. The van der Waals surface area contributed by atoms with Crippen LogP contribution in [0, 0.1) is 5.92 Å². The van der Waals surface area contributed by atoms with Gasteiger partial charge >= 0.3 is 0 Å². The van der Waals surface area contributed by atoms with Gasteiger partial charge in [0.15, 0.2) is 0 Å². The maximum atomic E-state index is 12.5. The van der Waals surface area contributed by atoms with Crippen LogP contribution in [0.15, 0.2) is 0 Å². The smallest absolute Gasteiger partial charge is 0.229 e. The van der Waals surface area contributed by atoms with Gasteiger partial charge in [-0.2, -0.15) is 0 Å². The lowest BCUT2D eigenvalue weighted by atomic mass is 9.71. The number of imide groups is 1. The summed E-state index contributed by atoms with van der Waals surface area (Å²) in [6.07, 6.45) is 15.6. The van der Waals surface area contributed by atoms with Crippen LogP contribution in [0.25, 0.3) is 0 Å². The number of amides is 2. The molecule has 168 valence electrons. The molecule has 1 N–H and O–H groups in total. The molecule has 0 aliphatic carbocycles. The second-order valence-electron chi connectivity index (χ2n) is 10.9. The molecule has 2 amide bonds. The Kier molecular flexibility index (Phi) is 9.18. The fraction of sp³-hybridized carbons (Fsp3) is 0.920. The zero-order chi connectivity index (χ0) is 21.5. The molecule has 0 bridgehead atoms. The molecule has 2 aliphatic rings. The molecule has 0 aromatic carbocycles. The summed E-state index contributed by atoms with van der Waals surface area (Å²) in [5.74, 6) is 0.511. The molecule has 0 saturated carbocycles. The van der Waals surface area contributed by atoms with Crippen LogP contribution in [-0.2, 0) is 9.59 Å². The predicted octanol–water partition coefficient (Wildman–Crippen LogP) is 5.98. The van der Waals surface area contributed by atoms with Gasteiger partial charge in [-0.1, -0.05) is 64.7 Å². The first-order valence-corrected chi connectivity index (χ1v) is 12.3. The second kappa shape index (κ2) is 10.9. The number of unbranched alkanes of at least 4 members (excludes halogenated alkanes) is 8. The number of carbonyl (C=O) groups excluding carboxylic acids is 2. The van der Waals surface area contributed by atoms with Crippen molar-refractivity contribution in [2.24, 2.45) is 5.92 Å². The summed E-state index contributed by atoms with van der Waals surface area (Å²) >= 11 is 0. The number of hydrogen-bond acceptors (Lipinski definition) is 3. The topological polar surface area (TPSA) is 49.4 Å². The lowest BCUT2D eigenvalue weighted by Gasteiger charge is -2.49. The third-order valence-corrected chi connectivity index (χ3v) is 6.79. The molecule has 1 unspecified atom stereocenters. The highest BCUT2D eigenvalue weighted by atomic mass is 16.2. The van der Waals surface area contributed by atoms with Crippen molar-refractivity contribution in [3.8, 4) is 0 Å². The van der Waals surface area contributed by atoms with Crippen molar-refractivity contribution in [3.63, 3.8) is 0 Å². The number of piperidine rings is 1. The van der Waals surface area contributed by atoms with Crippen molar-refractivity contribution in [2.45, 2.75) is 142 Å². The SMILES string of the molecule is CCCCCCCCCCCC(C1CC(C)(C)NC(C)(C)C1)N1C(=O)CCC1=O. The first-order chi connectivity index (χ1) is 13.7. The quantitative estimate of drug-likeness (QED) is 0.320. The second-order valence-corrected chi connectivity index (χ2v) is 10.9. The van der Waals surface area contributed by atoms with Gasteiger partial charge in [-0.15, -0.1) is 0 Å². The van der Waals surface area contributed by atoms with E-state index in [0.29, 0.717) is 18.8 Å². The van der Waals surface area contributed by atoms with E-state index in [-0.39, 0.29) is 28.9 Å². The zero-order valence-electron chi connectivity index (χ0n) is 19.8. The average Bonchev–Trinajstić information content (AvgIpc) is 2.93. The van der Waals surface area contributed by atoms with Gasteiger partial charge in [0.1, 0.15) is 0 Å². The summed E-state index contributed by atoms with van der Waals surface area (Å²) in [6.45, 7) is 11.3. The van der Waals surface area contributed by atoms with Crippen molar-refractivity contribution in [2.75, 3.05) is 0 Å². The van der Waals surface area contributed by atoms with Crippen molar-refractivity contribution in [1.82, 2.24) is 10.2 Å². The van der Waals surface area contributed by atoms with Crippen LogP contribution < -0.4 is 5.32 Å². The van der Waals surface area contributed by atoms with E-state index in [9.17, 15) is 9.59 Å². The fourth-order valence-electron chi connectivity index (χ4n) is 5.88. The van der Waals surface area contributed by atoms with E-state index in [1.165, 1.54) is 51.4 Å². The molecule has 0 radical (unpaired) electrons. The first kappa shape index (κ1) is 24.4. The highest BCUT2D eigenvalue weighted by Gasteiger charge is 2.45. The molecule has 0 aromatic rings. The molecule has 2 rings (SSSR count). The Morgan fingerprint density at radius 1 is 0.828 bits per heavy atom. The van der Waals surface area contributed by atoms with Crippen LogP contribution in [0.2, 0.25) is 0 Å². The number of nitrogens with one attached hydrogen (secondary N) is 1.